The van der Waals surface area contributed by atoms with Crippen molar-refractivity contribution in [2.24, 2.45) is 0 Å². The molecular weight excluding hydrogens is 252 g/mol. The number of carbonyl (C=O) groups excluding carboxylic acids is 1. The maximum Gasteiger partial charge on any atom is 0.319 e. The van der Waals surface area contributed by atoms with Crippen LogP contribution >= 0.6 is 0 Å². The van der Waals surface area contributed by atoms with E-state index in [0.29, 0.717) is 6.04 Å². The molecule has 1 aliphatic rings. The van der Waals surface area contributed by atoms with E-state index in [1.54, 1.807) is 0 Å². The van der Waals surface area contributed by atoms with Crippen LogP contribution in [0.5, 0.6) is 0 Å². The highest BCUT2D eigenvalue weighted by molar-refractivity contribution is 5.89. The molecule has 2 amide bonds. The Balaban J connectivity index is 1.84. The number of amides is 2. The van der Waals surface area contributed by atoms with Crippen LogP contribution in [0.4, 0.5) is 10.5 Å². The maximum absolute atomic E-state index is 11.9. The Morgan fingerprint density at radius 1 is 1.20 bits per heavy atom. The molecular formula is C16H20N2O2. The van der Waals surface area contributed by atoms with Crippen LogP contribution in [0.25, 0.3) is 0 Å². The van der Waals surface area contributed by atoms with Crippen LogP contribution in [-0.2, 0) is 0 Å². The molecule has 1 fully saturated rings. The fourth-order valence-electron chi connectivity index (χ4n) is 2.38. The number of carbonyl (C=O) groups is 1. The molecule has 0 spiro atoms. The summed E-state index contributed by atoms with van der Waals surface area (Å²) in [4.78, 5) is 11.9. The number of benzene rings is 1. The summed E-state index contributed by atoms with van der Waals surface area (Å²) in [7, 11) is 0. The Hall–Kier alpha value is -1.99. The molecule has 0 saturated heterocycles. The quantitative estimate of drug-likeness (QED) is 0.724. The van der Waals surface area contributed by atoms with Gasteiger partial charge in [0.15, 0.2) is 0 Å². The second-order valence-corrected chi connectivity index (χ2v) is 4.97. The zero-order valence-electron chi connectivity index (χ0n) is 11.5. The van der Waals surface area contributed by atoms with Crippen molar-refractivity contribution in [3.63, 3.8) is 0 Å². The molecule has 0 radical (unpaired) electrons. The van der Waals surface area contributed by atoms with Crippen LogP contribution in [0.2, 0.25) is 0 Å². The molecule has 4 heteroatoms. The first kappa shape index (κ1) is 14.4. The van der Waals surface area contributed by atoms with Gasteiger partial charge in [0, 0.05) is 17.3 Å². The van der Waals surface area contributed by atoms with Crippen molar-refractivity contribution in [2.45, 2.75) is 38.1 Å². The van der Waals surface area contributed by atoms with Crippen LogP contribution in [-0.4, -0.2) is 23.8 Å². The maximum atomic E-state index is 11.9. The molecule has 0 aromatic heterocycles. The number of aliphatic hydroxyl groups is 1. The number of nitrogens with one attached hydrogen (secondary N) is 2. The third-order valence-electron chi connectivity index (χ3n) is 3.39. The molecule has 20 heavy (non-hydrogen) atoms. The number of hydrogen-bond donors (Lipinski definition) is 3. The van der Waals surface area contributed by atoms with E-state index in [1.165, 1.54) is 19.3 Å². The van der Waals surface area contributed by atoms with E-state index < -0.39 is 0 Å². The third-order valence-corrected chi connectivity index (χ3v) is 3.39. The van der Waals surface area contributed by atoms with Gasteiger partial charge in [0.05, 0.1) is 0 Å². The predicted molar refractivity (Wildman–Crippen MR) is 79.4 cm³/mol. The smallest absolute Gasteiger partial charge is 0.319 e. The SMILES string of the molecule is O=C(Nc1ccc(C#CCO)cc1)NC1CCCCC1. The number of anilines is 1. The molecule has 0 aliphatic heterocycles. The lowest BCUT2D eigenvalue weighted by molar-refractivity contribution is 0.244. The van der Waals surface area contributed by atoms with Gasteiger partial charge in [-0.2, -0.15) is 0 Å². The van der Waals surface area contributed by atoms with Gasteiger partial charge in [0.1, 0.15) is 6.61 Å². The van der Waals surface area contributed by atoms with Crippen molar-refractivity contribution >= 4 is 11.7 Å². The molecule has 1 saturated carbocycles. The van der Waals surface area contributed by atoms with E-state index >= 15 is 0 Å². The van der Waals surface area contributed by atoms with Gasteiger partial charge in [0.2, 0.25) is 0 Å². The largest absolute Gasteiger partial charge is 0.384 e. The Morgan fingerprint density at radius 3 is 2.55 bits per heavy atom. The van der Waals surface area contributed by atoms with Gasteiger partial charge >= 0.3 is 6.03 Å². The summed E-state index contributed by atoms with van der Waals surface area (Å²) in [5.41, 5.74) is 1.56. The molecule has 1 aliphatic carbocycles. The first-order chi connectivity index (χ1) is 9.78. The normalized spacial score (nSPS) is 15.1. The van der Waals surface area contributed by atoms with Gasteiger partial charge in [-0.1, -0.05) is 31.1 Å². The van der Waals surface area contributed by atoms with Gasteiger partial charge in [-0.05, 0) is 37.1 Å². The minimum absolute atomic E-state index is 0.147. The van der Waals surface area contributed by atoms with Crippen molar-refractivity contribution in [2.75, 3.05) is 11.9 Å². The molecule has 1 aromatic carbocycles. The number of aliphatic hydroxyl groups excluding tert-OH is 1. The molecule has 3 N–H and O–H groups in total. The Kier molecular flexibility index (Phi) is 5.45. The highest BCUT2D eigenvalue weighted by Gasteiger charge is 2.15. The van der Waals surface area contributed by atoms with Crippen molar-refractivity contribution in [1.82, 2.24) is 5.32 Å². The van der Waals surface area contributed by atoms with Crippen LogP contribution in [0.3, 0.4) is 0 Å². The monoisotopic (exact) mass is 272 g/mol. The lowest BCUT2D eigenvalue weighted by atomic mass is 9.96. The fourth-order valence-corrected chi connectivity index (χ4v) is 2.38. The van der Waals surface area contributed by atoms with E-state index in [0.717, 1.165) is 24.1 Å². The average Bonchev–Trinajstić information content (AvgIpc) is 2.47. The molecule has 106 valence electrons. The van der Waals surface area contributed by atoms with Gasteiger partial charge in [0.25, 0.3) is 0 Å². The molecule has 0 heterocycles. The molecule has 2 rings (SSSR count). The lowest BCUT2D eigenvalue weighted by Crippen LogP contribution is -2.38. The first-order valence-electron chi connectivity index (χ1n) is 7.05. The van der Waals surface area contributed by atoms with Crippen LogP contribution in [0, 0.1) is 11.8 Å². The second-order valence-electron chi connectivity index (χ2n) is 4.97. The highest BCUT2D eigenvalue weighted by Crippen LogP contribution is 2.17. The number of rotatable bonds is 2. The van der Waals surface area contributed by atoms with E-state index in [9.17, 15) is 4.79 Å². The lowest BCUT2D eigenvalue weighted by Gasteiger charge is -2.22. The number of hydrogen-bond acceptors (Lipinski definition) is 2. The average molecular weight is 272 g/mol. The van der Waals surface area contributed by atoms with Gasteiger partial charge in [-0.15, -0.1) is 0 Å². The first-order valence-corrected chi connectivity index (χ1v) is 7.05. The second kappa shape index (κ2) is 7.56. The van der Waals surface area contributed by atoms with E-state index in [-0.39, 0.29) is 12.6 Å². The van der Waals surface area contributed by atoms with Gasteiger partial charge < -0.3 is 15.7 Å². The Bertz CT molecular complexity index is 493. The molecule has 1 aromatic rings. The molecule has 0 bridgehead atoms. The number of urea groups is 1. The standard InChI is InChI=1S/C16H20N2O2/c19-12-4-5-13-8-10-15(11-9-13)18-16(20)17-14-6-2-1-3-7-14/h8-11,14,19H,1-3,6-7,12H2,(H2,17,18,20). The summed E-state index contributed by atoms with van der Waals surface area (Å²) in [5.74, 6) is 5.40. The molecule has 0 unspecified atom stereocenters. The zero-order valence-corrected chi connectivity index (χ0v) is 11.5. The highest BCUT2D eigenvalue weighted by atomic mass is 16.2. The predicted octanol–water partition coefficient (Wildman–Crippen LogP) is 2.48. The fraction of sp³-hybridized carbons (Fsp3) is 0.438. The Labute approximate surface area is 119 Å². The van der Waals surface area contributed by atoms with Crippen LogP contribution in [0.15, 0.2) is 24.3 Å². The van der Waals surface area contributed by atoms with E-state index in [1.807, 2.05) is 24.3 Å². The summed E-state index contributed by atoms with van der Waals surface area (Å²) < 4.78 is 0. The summed E-state index contributed by atoms with van der Waals surface area (Å²) >= 11 is 0. The van der Waals surface area contributed by atoms with Crippen molar-refractivity contribution < 1.29 is 9.90 Å². The van der Waals surface area contributed by atoms with Crippen molar-refractivity contribution in [3.05, 3.63) is 29.8 Å². The topological polar surface area (TPSA) is 61.4 Å². The van der Waals surface area contributed by atoms with Crippen LogP contribution < -0.4 is 10.6 Å². The van der Waals surface area contributed by atoms with Crippen molar-refractivity contribution in [3.8, 4) is 11.8 Å². The van der Waals surface area contributed by atoms with E-state index in [4.69, 9.17) is 5.11 Å². The summed E-state index contributed by atoms with van der Waals surface area (Å²) in [5, 5.41) is 14.4. The summed E-state index contributed by atoms with van der Waals surface area (Å²) in [6.45, 7) is -0.149. The summed E-state index contributed by atoms with van der Waals surface area (Å²) in [6, 6.07) is 7.41. The summed E-state index contributed by atoms with van der Waals surface area (Å²) in [6.07, 6.45) is 5.81. The zero-order chi connectivity index (χ0) is 14.2. The minimum atomic E-state index is -0.149. The van der Waals surface area contributed by atoms with Crippen LogP contribution in [0.1, 0.15) is 37.7 Å². The molecule has 0 atom stereocenters. The van der Waals surface area contributed by atoms with Crippen molar-refractivity contribution in [1.29, 1.82) is 0 Å². The molecule has 4 nitrogen and oxygen atoms in total. The Morgan fingerprint density at radius 2 is 1.90 bits per heavy atom. The van der Waals surface area contributed by atoms with Gasteiger partial charge in [-0.25, -0.2) is 4.79 Å². The van der Waals surface area contributed by atoms with E-state index in [2.05, 4.69) is 22.5 Å². The minimum Gasteiger partial charge on any atom is -0.384 e. The van der Waals surface area contributed by atoms with Gasteiger partial charge in [-0.3, -0.25) is 0 Å². The third kappa shape index (κ3) is 4.60.